The van der Waals surface area contributed by atoms with Crippen LogP contribution in [0.1, 0.15) is 12.0 Å². The van der Waals surface area contributed by atoms with Crippen molar-refractivity contribution in [1.29, 1.82) is 5.26 Å². The third kappa shape index (κ3) is 3.08. The summed E-state index contributed by atoms with van der Waals surface area (Å²) in [7, 11) is 0. The average Bonchev–Trinajstić information content (AvgIpc) is 2.29. The maximum atomic E-state index is 8.95. The van der Waals surface area contributed by atoms with Crippen molar-refractivity contribution < 1.29 is 5.11 Å². The zero-order valence-corrected chi connectivity index (χ0v) is 9.21. The molecule has 0 aromatic carbocycles. The van der Waals surface area contributed by atoms with Gasteiger partial charge in [0.2, 0.25) is 0 Å². The lowest BCUT2D eigenvalue weighted by Crippen LogP contribution is -2.07. The second-order valence-electron chi connectivity index (χ2n) is 2.72. The van der Waals surface area contributed by atoms with Gasteiger partial charge in [-0.1, -0.05) is 0 Å². The Kier molecular flexibility index (Phi) is 4.87. The van der Waals surface area contributed by atoms with Crippen LogP contribution in [0.3, 0.4) is 0 Å². The maximum Gasteiger partial charge on any atom is 0.148 e. The zero-order chi connectivity index (χ0) is 11.1. The molecule has 5 nitrogen and oxygen atoms in total. The number of aliphatic hydroxyl groups is 1. The number of thioether (sulfide) groups is 1. The molecule has 80 valence electrons. The van der Waals surface area contributed by atoms with Gasteiger partial charge in [-0.05, 0) is 12.7 Å². The van der Waals surface area contributed by atoms with Gasteiger partial charge in [-0.3, -0.25) is 0 Å². The zero-order valence-electron chi connectivity index (χ0n) is 8.40. The molecule has 0 aliphatic heterocycles. The summed E-state index contributed by atoms with van der Waals surface area (Å²) in [5, 5.41) is 21.2. The lowest BCUT2D eigenvalue weighted by Gasteiger charge is -2.07. The molecule has 0 unspecified atom stereocenters. The number of nitrogens with zero attached hydrogens (tertiary/aromatic N) is 3. The van der Waals surface area contributed by atoms with Crippen molar-refractivity contribution in [3.05, 3.63) is 11.9 Å². The number of aliphatic hydroxyl groups excluding tert-OH is 1. The first kappa shape index (κ1) is 11.8. The van der Waals surface area contributed by atoms with Gasteiger partial charge in [0.15, 0.2) is 0 Å². The van der Waals surface area contributed by atoms with Crippen molar-refractivity contribution in [2.75, 3.05) is 24.7 Å². The molecule has 15 heavy (non-hydrogen) atoms. The monoisotopic (exact) mass is 224 g/mol. The standard InChI is InChI=1S/C9H12N4OS/c1-15-9-7(5-10)8(12-6-13-9)11-3-2-4-14/h6,14H,2-4H2,1H3,(H,11,12,13). The summed E-state index contributed by atoms with van der Waals surface area (Å²) in [6, 6.07) is 2.07. The molecule has 0 bridgehead atoms. The number of nitriles is 1. The van der Waals surface area contributed by atoms with E-state index in [0.29, 0.717) is 29.4 Å². The molecule has 0 saturated heterocycles. The molecule has 2 N–H and O–H groups in total. The van der Waals surface area contributed by atoms with Gasteiger partial charge < -0.3 is 10.4 Å². The van der Waals surface area contributed by atoms with Crippen LogP contribution in [0.2, 0.25) is 0 Å². The minimum absolute atomic E-state index is 0.120. The van der Waals surface area contributed by atoms with E-state index < -0.39 is 0 Å². The quantitative estimate of drug-likeness (QED) is 0.438. The van der Waals surface area contributed by atoms with Crippen LogP contribution in [0.15, 0.2) is 11.4 Å². The Morgan fingerprint density at radius 1 is 1.60 bits per heavy atom. The Morgan fingerprint density at radius 2 is 2.40 bits per heavy atom. The highest BCUT2D eigenvalue weighted by Gasteiger charge is 2.09. The van der Waals surface area contributed by atoms with Crippen LogP contribution in [-0.2, 0) is 0 Å². The van der Waals surface area contributed by atoms with Crippen molar-refractivity contribution in [3.8, 4) is 6.07 Å². The lowest BCUT2D eigenvalue weighted by atomic mass is 10.3. The second kappa shape index (κ2) is 6.22. The Balaban J connectivity index is 2.83. The number of hydrogen-bond acceptors (Lipinski definition) is 6. The van der Waals surface area contributed by atoms with Crippen molar-refractivity contribution in [1.82, 2.24) is 9.97 Å². The highest BCUT2D eigenvalue weighted by atomic mass is 32.2. The first-order valence-electron chi connectivity index (χ1n) is 4.47. The molecular formula is C9H12N4OS. The van der Waals surface area contributed by atoms with E-state index in [1.54, 1.807) is 0 Å². The molecule has 0 radical (unpaired) electrons. The molecule has 0 aliphatic carbocycles. The van der Waals surface area contributed by atoms with E-state index in [-0.39, 0.29) is 6.61 Å². The SMILES string of the molecule is CSc1ncnc(NCCCO)c1C#N. The third-order valence-electron chi connectivity index (χ3n) is 1.74. The fourth-order valence-corrected chi connectivity index (χ4v) is 1.54. The van der Waals surface area contributed by atoms with Crippen LogP contribution in [0, 0.1) is 11.3 Å². The topological polar surface area (TPSA) is 81.8 Å². The predicted octanol–water partition coefficient (Wildman–Crippen LogP) is 0.864. The van der Waals surface area contributed by atoms with Gasteiger partial charge in [0.1, 0.15) is 28.8 Å². The van der Waals surface area contributed by atoms with E-state index in [2.05, 4.69) is 21.4 Å². The minimum atomic E-state index is 0.120. The number of anilines is 1. The Bertz CT molecular complexity index is 364. The van der Waals surface area contributed by atoms with E-state index in [9.17, 15) is 0 Å². The molecule has 1 aromatic heterocycles. The van der Waals surface area contributed by atoms with Crippen molar-refractivity contribution >= 4 is 17.6 Å². The highest BCUT2D eigenvalue weighted by Crippen LogP contribution is 2.21. The first-order chi connectivity index (χ1) is 7.33. The fourth-order valence-electron chi connectivity index (χ4n) is 1.04. The van der Waals surface area contributed by atoms with Crippen LogP contribution in [0.4, 0.5) is 5.82 Å². The van der Waals surface area contributed by atoms with Crippen LogP contribution in [-0.4, -0.2) is 34.5 Å². The van der Waals surface area contributed by atoms with Crippen LogP contribution >= 0.6 is 11.8 Å². The Labute approximate surface area is 92.6 Å². The largest absolute Gasteiger partial charge is 0.396 e. The van der Waals surface area contributed by atoms with Crippen molar-refractivity contribution in [3.63, 3.8) is 0 Å². The molecule has 1 heterocycles. The minimum Gasteiger partial charge on any atom is -0.396 e. The van der Waals surface area contributed by atoms with E-state index >= 15 is 0 Å². The summed E-state index contributed by atoms with van der Waals surface area (Å²) in [5.41, 5.74) is 0.461. The summed E-state index contributed by atoms with van der Waals surface area (Å²) in [6.07, 6.45) is 3.91. The van der Waals surface area contributed by atoms with Crippen molar-refractivity contribution in [2.45, 2.75) is 11.4 Å². The van der Waals surface area contributed by atoms with E-state index in [1.807, 2.05) is 6.26 Å². The van der Waals surface area contributed by atoms with Gasteiger partial charge in [-0.15, -0.1) is 11.8 Å². The Morgan fingerprint density at radius 3 is 3.00 bits per heavy atom. The lowest BCUT2D eigenvalue weighted by molar-refractivity contribution is 0.292. The molecule has 1 rings (SSSR count). The van der Waals surface area contributed by atoms with Gasteiger partial charge in [-0.25, -0.2) is 9.97 Å². The smallest absolute Gasteiger partial charge is 0.148 e. The van der Waals surface area contributed by atoms with Gasteiger partial charge in [0.25, 0.3) is 0 Å². The van der Waals surface area contributed by atoms with Crippen LogP contribution in [0.25, 0.3) is 0 Å². The Hall–Kier alpha value is -1.32. The van der Waals surface area contributed by atoms with E-state index in [1.165, 1.54) is 18.1 Å². The van der Waals surface area contributed by atoms with Crippen LogP contribution < -0.4 is 5.32 Å². The van der Waals surface area contributed by atoms with Crippen LogP contribution in [0.5, 0.6) is 0 Å². The predicted molar refractivity (Wildman–Crippen MR) is 58.7 cm³/mol. The molecule has 0 aliphatic rings. The van der Waals surface area contributed by atoms with E-state index in [0.717, 1.165) is 0 Å². The number of aromatic nitrogens is 2. The molecule has 0 amide bonds. The molecule has 0 atom stereocenters. The molecule has 0 saturated carbocycles. The summed E-state index contributed by atoms with van der Waals surface area (Å²) in [5.74, 6) is 0.533. The van der Waals surface area contributed by atoms with Crippen molar-refractivity contribution in [2.24, 2.45) is 0 Å². The first-order valence-corrected chi connectivity index (χ1v) is 5.69. The average molecular weight is 224 g/mol. The normalized spacial score (nSPS) is 9.67. The summed E-state index contributed by atoms with van der Waals surface area (Å²) in [4.78, 5) is 7.99. The molecular weight excluding hydrogens is 212 g/mol. The van der Waals surface area contributed by atoms with Gasteiger partial charge in [0, 0.05) is 13.2 Å². The number of hydrogen-bond donors (Lipinski definition) is 2. The highest BCUT2D eigenvalue weighted by molar-refractivity contribution is 7.98. The summed E-state index contributed by atoms with van der Waals surface area (Å²) < 4.78 is 0. The number of nitrogens with one attached hydrogen (secondary N) is 1. The molecule has 1 aromatic rings. The molecule has 0 spiro atoms. The second-order valence-corrected chi connectivity index (χ2v) is 3.52. The maximum absolute atomic E-state index is 8.95. The third-order valence-corrected chi connectivity index (χ3v) is 2.44. The fraction of sp³-hybridized carbons (Fsp3) is 0.444. The van der Waals surface area contributed by atoms with E-state index in [4.69, 9.17) is 10.4 Å². The summed E-state index contributed by atoms with van der Waals surface area (Å²) >= 11 is 1.41. The number of rotatable bonds is 5. The molecule has 0 fully saturated rings. The van der Waals surface area contributed by atoms with Gasteiger partial charge in [-0.2, -0.15) is 5.26 Å². The summed E-state index contributed by atoms with van der Waals surface area (Å²) in [6.45, 7) is 0.714. The molecule has 6 heteroatoms. The van der Waals surface area contributed by atoms with Gasteiger partial charge >= 0.3 is 0 Å². The van der Waals surface area contributed by atoms with Gasteiger partial charge in [0.05, 0.1) is 0 Å².